The van der Waals surface area contributed by atoms with Crippen molar-refractivity contribution in [3.63, 3.8) is 0 Å². The second-order valence-corrected chi connectivity index (χ2v) is 5.58. The maximum Gasteiger partial charge on any atom is 0.0829 e. The monoisotopic (exact) mass is 282 g/mol. The fourth-order valence-electron chi connectivity index (χ4n) is 1.80. The van der Waals surface area contributed by atoms with E-state index >= 15 is 0 Å². The Balaban J connectivity index is 2.45. The predicted octanol–water partition coefficient (Wildman–Crippen LogP) is 3.13. The van der Waals surface area contributed by atoms with Gasteiger partial charge < -0.3 is 5.11 Å². The van der Waals surface area contributed by atoms with E-state index in [9.17, 15) is 0 Å². The summed E-state index contributed by atoms with van der Waals surface area (Å²) in [5.41, 5.74) is 3.11. The number of nitrogens with zero attached hydrogens (tertiary/aromatic N) is 2. The van der Waals surface area contributed by atoms with Crippen LogP contribution in [0.15, 0.2) is 29.3 Å². The van der Waals surface area contributed by atoms with Gasteiger partial charge in [-0.1, -0.05) is 23.7 Å². The highest BCUT2D eigenvalue weighted by Gasteiger charge is 2.14. The van der Waals surface area contributed by atoms with E-state index < -0.39 is 0 Å². The van der Waals surface area contributed by atoms with Crippen molar-refractivity contribution < 1.29 is 5.11 Å². The molecule has 2 rings (SSSR count). The van der Waals surface area contributed by atoms with Gasteiger partial charge in [-0.25, -0.2) is 0 Å². The molecule has 0 bridgehead atoms. The van der Waals surface area contributed by atoms with Gasteiger partial charge in [0.25, 0.3) is 0 Å². The minimum absolute atomic E-state index is 0.153. The number of thioether (sulfide) groups is 1. The van der Waals surface area contributed by atoms with Crippen molar-refractivity contribution in [3.05, 3.63) is 35.0 Å². The van der Waals surface area contributed by atoms with E-state index in [0.29, 0.717) is 5.75 Å². The summed E-state index contributed by atoms with van der Waals surface area (Å²) >= 11 is 7.88. The van der Waals surface area contributed by atoms with E-state index in [4.69, 9.17) is 16.7 Å². The molecule has 0 aliphatic heterocycles. The third kappa shape index (κ3) is 2.71. The van der Waals surface area contributed by atoms with Crippen LogP contribution < -0.4 is 0 Å². The normalized spacial score (nSPS) is 10.9. The van der Waals surface area contributed by atoms with E-state index in [1.54, 1.807) is 11.8 Å². The van der Waals surface area contributed by atoms with Crippen LogP contribution in [0, 0.1) is 6.92 Å². The highest BCUT2D eigenvalue weighted by molar-refractivity contribution is 7.99. The number of aliphatic hydroxyl groups is 1. The lowest BCUT2D eigenvalue weighted by Crippen LogP contribution is -1.95. The van der Waals surface area contributed by atoms with Crippen molar-refractivity contribution in [1.82, 2.24) is 9.78 Å². The van der Waals surface area contributed by atoms with E-state index in [1.165, 1.54) is 0 Å². The van der Waals surface area contributed by atoms with Gasteiger partial charge in [-0.3, -0.25) is 4.68 Å². The molecular formula is C13H15ClN2OS. The number of hydrogen-bond donors (Lipinski definition) is 1. The van der Waals surface area contributed by atoms with Crippen LogP contribution in [0.2, 0.25) is 5.02 Å². The van der Waals surface area contributed by atoms with Crippen molar-refractivity contribution in [1.29, 1.82) is 0 Å². The van der Waals surface area contributed by atoms with Crippen LogP contribution in [0.4, 0.5) is 0 Å². The summed E-state index contributed by atoms with van der Waals surface area (Å²) in [5, 5.41) is 13.9. The molecule has 1 N–H and O–H groups in total. The zero-order chi connectivity index (χ0) is 13.1. The fraction of sp³-hybridized carbons (Fsp3) is 0.308. The molecule has 96 valence electrons. The van der Waals surface area contributed by atoms with Crippen molar-refractivity contribution in [3.8, 4) is 11.3 Å². The molecule has 0 saturated carbocycles. The molecule has 0 saturated heterocycles. The Labute approximate surface area is 116 Å². The first-order valence-electron chi connectivity index (χ1n) is 5.65. The van der Waals surface area contributed by atoms with Gasteiger partial charge in [0, 0.05) is 18.4 Å². The molecular weight excluding hydrogens is 268 g/mol. The van der Waals surface area contributed by atoms with Crippen LogP contribution in [0.5, 0.6) is 0 Å². The van der Waals surface area contributed by atoms with Crippen molar-refractivity contribution in [2.75, 3.05) is 12.4 Å². The summed E-state index contributed by atoms with van der Waals surface area (Å²) in [6.07, 6.45) is 1.81. The van der Waals surface area contributed by atoms with Gasteiger partial charge in [0.1, 0.15) is 0 Å². The Hall–Kier alpha value is -0.970. The third-order valence-corrected chi connectivity index (χ3v) is 3.94. The van der Waals surface area contributed by atoms with Crippen LogP contribution >= 0.6 is 23.4 Å². The Morgan fingerprint density at radius 2 is 2.22 bits per heavy atom. The molecule has 5 heteroatoms. The molecule has 18 heavy (non-hydrogen) atoms. The highest BCUT2D eigenvalue weighted by atomic mass is 35.5. The van der Waals surface area contributed by atoms with Crippen LogP contribution in [0.25, 0.3) is 11.3 Å². The smallest absolute Gasteiger partial charge is 0.0829 e. The number of hydrogen-bond acceptors (Lipinski definition) is 3. The first kappa shape index (κ1) is 13.5. The summed E-state index contributed by atoms with van der Waals surface area (Å²) in [5.74, 6) is 0.655. The van der Waals surface area contributed by atoms with Crippen LogP contribution in [0.3, 0.4) is 0 Å². The number of aliphatic hydroxyl groups excluding tert-OH is 1. The van der Waals surface area contributed by atoms with Gasteiger partial charge >= 0.3 is 0 Å². The zero-order valence-corrected chi connectivity index (χ0v) is 11.9. The van der Waals surface area contributed by atoms with E-state index in [-0.39, 0.29) is 6.61 Å². The minimum Gasteiger partial charge on any atom is -0.396 e. The Morgan fingerprint density at radius 1 is 1.44 bits per heavy atom. The molecule has 1 aromatic carbocycles. The summed E-state index contributed by atoms with van der Waals surface area (Å²) in [7, 11) is 1.90. The van der Waals surface area contributed by atoms with Crippen molar-refractivity contribution in [2.45, 2.75) is 11.8 Å². The quantitative estimate of drug-likeness (QED) is 0.876. The first-order valence-corrected chi connectivity index (χ1v) is 7.02. The molecule has 0 atom stereocenters. The molecule has 0 fully saturated rings. The topological polar surface area (TPSA) is 38.1 Å². The summed E-state index contributed by atoms with van der Waals surface area (Å²) in [6, 6.07) is 6.00. The predicted molar refractivity (Wildman–Crippen MR) is 76.2 cm³/mol. The lowest BCUT2D eigenvalue weighted by Gasteiger charge is -2.08. The van der Waals surface area contributed by atoms with Crippen LogP contribution in [0.1, 0.15) is 5.56 Å². The number of aryl methyl sites for hydroxylation is 2. The van der Waals surface area contributed by atoms with E-state index in [1.807, 2.05) is 43.0 Å². The summed E-state index contributed by atoms with van der Waals surface area (Å²) in [4.78, 5) is 1.04. The third-order valence-electron chi connectivity index (χ3n) is 2.63. The maximum absolute atomic E-state index is 8.91. The zero-order valence-electron chi connectivity index (χ0n) is 10.4. The minimum atomic E-state index is 0.153. The molecule has 0 amide bonds. The standard InChI is InChI=1S/C13H15ClN2OS/c1-9-3-4-10(11(14)7-9)13-12(18-6-5-17)8-15-16(13)2/h3-4,7-8,17H,5-6H2,1-2H3. The number of halogens is 1. The molecule has 0 unspecified atom stereocenters. The molecule has 0 aliphatic carbocycles. The number of benzene rings is 1. The van der Waals surface area contributed by atoms with Gasteiger partial charge in [-0.15, -0.1) is 11.8 Å². The largest absolute Gasteiger partial charge is 0.396 e. The van der Waals surface area contributed by atoms with Gasteiger partial charge in [0.05, 0.1) is 28.4 Å². The molecule has 1 heterocycles. The van der Waals surface area contributed by atoms with E-state index in [0.717, 1.165) is 26.7 Å². The summed E-state index contributed by atoms with van der Waals surface area (Å²) < 4.78 is 1.82. The average Bonchev–Trinajstić information content (AvgIpc) is 2.68. The lowest BCUT2D eigenvalue weighted by molar-refractivity contribution is 0.322. The second kappa shape index (κ2) is 5.78. The van der Waals surface area contributed by atoms with Crippen LogP contribution in [-0.4, -0.2) is 27.2 Å². The van der Waals surface area contributed by atoms with Crippen molar-refractivity contribution >= 4 is 23.4 Å². The first-order chi connectivity index (χ1) is 8.63. The Morgan fingerprint density at radius 3 is 2.89 bits per heavy atom. The molecule has 3 nitrogen and oxygen atoms in total. The summed E-state index contributed by atoms with van der Waals surface area (Å²) in [6.45, 7) is 2.17. The van der Waals surface area contributed by atoms with Gasteiger partial charge in [0.15, 0.2) is 0 Å². The van der Waals surface area contributed by atoms with Crippen molar-refractivity contribution in [2.24, 2.45) is 7.05 Å². The number of rotatable bonds is 4. The van der Waals surface area contributed by atoms with Gasteiger partial charge in [-0.2, -0.15) is 5.10 Å². The molecule has 0 radical (unpaired) electrons. The lowest BCUT2D eigenvalue weighted by atomic mass is 10.1. The second-order valence-electron chi connectivity index (χ2n) is 4.04. The maximum atomic E-state index is 8.91. The van der Waals surface area contributed by atoms with Gasteiger partial charge in [-0.05, 0) is 18.6 Å². The molecule has 0 spiro atoms. The Bertz CT molecular complexity index is 554. The SMILES string of the molecule is Cc1ccc(-c2c(SCCO)cnn2C)c(Cl)c1. The van der Waals surface area contributed by atoms with E-state index in [2.05, 4.69) is 5.10 Å². The Kier molecular flexibility index (Phi) is 4.32. The van der Waals surface area contributed by atoms with Gasteiger partial charge in [0.2, 0.25) is 0 Å². The highest BCUT2D eigenvalue weighted by Crippen LogP contribution is 2.35. The van der Waals surface area contributed by atoms with Crippen LogP contribution in [-0.2, 0) is 7.05 Å². The molecule has 1 aromatic heterocycles. The average molecular weight is 283 g/mol. The fourth-order valence-corrected chi connectivity index (χ4v) is 2.93. The molecule has 0 aliphatic rings. The number of aromatic nitrogens is 2. The molecule has 2 aromatic rings.